The van der Waals surface area contributed by atoms with Crippen molar-refractivity contribution in [1.82, 2.24) is 4.57 Å². The first-order valence-electron chi connectivity index (χ1n) is 13.2. The van der Waals surface area contributed by atoms with Gasteiger partial charge < -0.3 is 14.8 Å². The summed E-state index contributed by atoms with van der Waals surface area (Å²) in [4.78, 5) is 56.0. The van der Waals surface area contributed by atoms with E-state index in [9.17, 15) is 19.2 Å². The van der Waals surface area contributed by atoms with Gasteiger partial charge in [0, 0.05) is 22.0 Å². The molecule has 1 saturated heterocycles. The molecular weight excluding hydrogens is 574 g/mol. The number of anilines is 2. The second-order valence-corrected chi connectivity index (χ2v) is 12.1. The number of rotatable bonds is 7. The highest BCUT2D eigenvalue weighted by Gasteiger charge is 2.57. The summed E-state index contributed by atoms with van der Waals surface area (Å²) in [5.74, 6) is -1.34. The number of nitrogens with zero attached hydrogens (tertiary/aromatic N) is 2. The third-order valence-corrected chi connectivity index (χ3v) is 10.2. The summed E-state index contributed by atoms with van der Waals surface area (Å²) in [5, 5.41) is 2.59. The standard InChI is InChI=1S/C31H27N3O6S2/c1-17-8-4-6-10-21(17)32-23(35)16-33-30-27(42-31(33)38)24(20-9-5-7-11-22(20)40-3)25-26(41-30)29(37)34(28(25)36)18-12-14-19(39-2)15-13-18/h4-15,24-26H,16H2,1-3H3,(H,32,35)/t24-,25?,26?/m1/s1. The van der Waals surface area contributed by atoms with Gasteiger partial charge in [0.05, 0.1) is 30.9 Å². The number of carbonyl (C=O) groups is 3. The molecule has 0 spiro atoms. The minimum absolute atomic E-state index is 0.230. The quantitative estimate of drug-likeness (QED) is 0.307. The highest BCUT2D eigenvalue weighted by atomic mass is 32.2. The zero-order chi connectivity index (χ0) is 29.5. The Balaban J connectivity index is 1.43. The molecule has 0 saturated carbocycles. The summed E-state index contributed by atoms with van der Waals surface area (Å²) in [7, 11) is 3.09. The number of fused-ring (bicyclic) bond motifs is 2. The van der Waals surface area contributed by atoms with E-state index in [1.165, 1.54) is 21.2 Å². The molecule has 9 nitrogen and oxygen atoms in total. The molecule has 4 aromatic rings. The highest BCUT2D eigenvalue weighted by molar-refractivity contribution is 8.00. The van der Waals surface area contributed by atoms with E-state index in [-0.39, 0.29) is 29.1 Å². The molecule has 0 bridgehead atoms. The Hall–Kier alpha value is -4.35. The summed E-state index contributed by atoms with van der Waals surface area (Å²) in [6.45, 7) is 1.66. The maximum Gasteiger partial charge on any atom is 0.308 e. The Morgan fingerprint density at radius 3 is 2.33 bits per heavy atom. The van der Waals surface area contributed by atoms with Crippen molar-refractivity contribution in [1.29, 1.82) is 0 Å². The van der Waals surface area contributed by atoms with Crippen LogP contribution in [-0.2, 0) is 20.9 Å². The number of aromatic nitrogens is 1. The lowest BCUT2D eigenvalue weighted by molar-refractivity contribution is -0.122. The number of hydrogen-bond acceptors (Lipinski definition) is 8. The minimum Gasteiger partial charge on any atom is -0.497 e. The number of methoxy groups -OCH3 is 2. The van der Waals surface area contributed by atoms with Crippen LogP contribution < -0.4 is 24.6 Å². The molecule has 6 rings (SSSR count). The predicted molar refractivity (Wildman–Crippen MR) is 162 cm³/mol. The van der Waals surface area contributed by atoms with Crippen molar-refractivity contribution in [3.8, 4) is 11.5 Å². The molecule has 3 amide bonds. The summed E-state index contributed by atoms with van der Waals surface area (Å²) >= 11 is 2.17. The van der Waals surface area contributed by atoms with Crippen LogP contribution in [0.3, 0.4) is 0 Å². The maximum atomic E-state index is 14.1. The molecule has 3 heterocycles. The van der Waals surface area contributed by atoms with Gasteiger partial charge in [0.2, 0.25) is 17.7 Å². The number of hydrogen-bond donors (Lipinski definition) is 1. The molecule has 0 radical (unpaired) electrons. The lowest BCUT2D eigenvalue weighted by Crippen LogP contribution is -2.33. The van der Waals surface area contributed by atoms with Crippen LogP contribution in [0.15, 0.2) is 82.6 Å². The summed E-state index contributed by atoms with van der Waals surface area (Å²) in [5.41, 5.74) is 2.70. The molecule has 42 heavy (non-hydrogen) atoms. The Morgan fingerprint density at radius 2 is 1.62 bits per heavy atom. The Labute approximate surface area is 250 Å². The molecule has 0 aliphatic carbocycles. The van der Waals surface area contributed by atoms with Crippen LogP contribution in [-0.4, -0.2) is 41.8 Å². The highest BCUT2D eigenvalue weighted by Crippen LogP contribution is 2.55. The second kappa shape index (κ2) is 11.1. The number of carbonyl (C=O) groups excluding carboxylic acids is 3. The zero-order valence-corrected chi connectivity index (χ0v) is 24.7. The van der Waals surface area contributed by atoms with Crippen LogP contribution >= 0.6 is 23.1 Å². The molecule has 11 heteroatoms. The summed E-state index contributed by atoms with van der Waals surface area (Å²) < 4.78 is 12.3. The van der Waals surface area contributed by atoms with Crippen molar-refractivity contribution in [3.05, 3.63) is 98.5 Å². The number of thiazole rings is 1. The van der Waals surface area contributed by atoms with Crippen LogP contribution in [0.4, 0.5) is 11.4 Å². The molecule has 1 N–H and O–H groups in total. The number of thioether (sulfide) groups is 1. The van der Waals surface area contributed by atoms with Gasteiger partial charge in [0.25, 0.3) is 0 Å². The fourth-order valence-corrected chi connectivity index (χ4v) is 8.31. The van der Waals surface area contributed by atoms with Crippen LogP contribution in [0.25, 0.3) is 0 Å². The summed E-state index contributed by atoms with van der Waals surface area (Å²) in [6.07, 6.45) is 0. The number of benzene rings is 3. The normalized spacial score (nSPS) is 19.3. The van der Waals surface area contributed by atoms with E-state index in [2.05, 4.69) is 5.32 Å². The fraction of sp³-hybridized carbons (Fsp3) is 0.226. The molecule has 2 unspecified atom stereocenters. The minimum atomic E-state index is -0.804. The average molecular weight is 602 g/mol. The fourth-order valence-electron chi connectivity index (χ4n) is 5.55. The van der Waals surface area contributed by atoms with E-state index < -0.39 is 17.1 Å². The van der Waals surface area contributed by atoms with Crippen molar-refractivity contribution in [2.24, 2.45) is 5.92 Å². The van der Waals surface area contributed by atoms with E-state index in [1.807, 2.05) is 43.3 Å². The Bertz CT molecular complexity index is 1760. The lowest BCUT2D eigenvalue weighted by Gasteiger charge is -2.31. The number of ether oxygens (including phenoxy) is 2. The van der Waals surface area contributed by atoms with Gasteiger partial charge in [-0.05, 0) is 48.9 Å². The molecule has 1 fully saturated rings. The third kappa shape index (κ3) is 4.68. The average Bonchev–Trinajstić information content (AvgIpc) is 3.44. The first kappa shape index (κ1) is 27.8. The van der Waals surface area contributed by atoms with E-state index in [0.29, 0.717) is 38.3 Å². The molecule has 2 aliphatic heterocycles. The molecule has 3 aromatic carbocycles. The predicted octanol–water partition coefficient (Wildman–Crippen LogP) is 4.67. The van der Waals surface area contributed by atoms with Crippen molar-refractivity contribution < 1.29 is 23.9 Å². The first-order chi connectivity index (χ1) is 20.3. The second-order valence-electron chi connectivity index (χ2n) is 9.98. The van der Waals surface area contributed by atoms with Crippen molar-refractivity contribution in [2.45, 2.75) is 29.7 Å². The van der Waals surface area contributed by atoms with E-state index in [0.717, 1.165) is 16.9 Å². The Morgan fingerprint density at radius 1 is 0.905 bits per heavy atom. The van der Waals surface area contributed by atoms with Crippen LogP contribution in [0, 0.1) is 12.8 Å². The van der Waals surface area contributed by atoms with Gasteiger partial charge in [-0.1, -0.05) is 59.5 Å². The topological polar surface area (TPSA) is 107 Å². The van der Waals surface area contributed by atoms with Crippen LogP contribution in [0.2, 0.25) is 0 Å². The van der Waals surface area contributed by atoms with Crippen LogP contribution in [0.5, 0.6) is 11.5 Å². The van der Waals surface area contributed by atoms with Gasteiger partial charge in [0.1, 0.15) is 23.3 Å². The van der Waals surface area contributed by atoms with Gasteiger partial charge in [-0.3, -0.25) is 23.7 Å². The van der Waals surface area contributed by atoms with Gasteiger partial charge in [-0.2, -0.15) is 0 Å². The molecular formula is C31H27N3O6S2. The lowest BCUT2D eigenvalue weighted by atomic mass is 9.82. The number of para-hydroxylation sites is 2. The SMILES string of the molecule is COc1ccc(N2C(=O)C3Sc4c(sc(=O)n4CC(=O)Nc4ccccc4C)[C@H](c4ccccc4OC)C3C2=O)cc1. The van der Waals surface area contributed by atoms with Crippen molar-refractivity contribution in [3.63, 3.8) is 0 Å². The number of imide groups is 1. The number of aryl methyl sites for hydroxylation is 1. The van der Waals surface area contributed by atoms with Crippen molar-refractivity contribution in [2.75, 3.05) is 24.4 Å². The van der Waals surface area contributed by atoms with E-state index >= 15 is 0 Å². The van der Waals surface area contributed by atoms with Crippen molar-refractivity contribution >= 4 is 52.2 Å². The smallest absolute Gasteiger partial charge is 0.308 e. The Kier molecular flexibility index (Phi) is 7.38. The van der Waals surface area contributed by atoms with Gasteiger partial charge in [-0.15, -0.1) is 0 Å². The molecule has 1 aromatic heterocycles. The molecule has 3 atom stereocenters. The monoisotopic (exact) mass is 601 g/mol. The molecule has 214 valence electrons. The summed E-state index contributed by atoms with van der Waals surface area (Å²) in [6, 6.07) is 21.5. The van der Waals surface area contributed by atoms with Crippen LogP contribution in [0.1, 0.15) is 21.9 Å². The largest absolute Gasteiger partial charge is 0.497 e. The number of amides is 3. The maximum absolute atomic E-state index is 14.1. The molecule has 2 aliphatic rings. The zero-order valence-electron chi connectivity index (χ0n) is 23.0. The van der Waals surface area contributed by atoms with Gasteiger partial charge >= 0.3 is 4.87 Å². The third-order valence-electron chi connectivity index (χ3n) is 7.57. The first-order valence-corrected chi connectivity index (χ1v) is 14.9. The van der Waals surface area contributed by atoms with Gasteiger partial charge in [0.15, 0.2) is 0 Å². The van der Waals surface area contributed by atoms with Gasteiger partial charge in [-0.25, -0.2) is 4.90 Å². The van der Waals surface area contributed by atoms with E-state index in [1.54, 1.807) is 50.6 Å². The van der Waals surface area contributed by atoms with E-state index in [4.69, 9.17) is 9.47 Å². The number of nitrogens with one attached hydrogen (secondary N) is 1.